The van der Waals surface area contributed by atoms with E-state index in [2.05, 4.69) is 119 Å². The minimum Gasteiger partial charge on any atom is -0.383 e. The standard InChI is InChI=1S/C39H32N4/c40-38(30-16-6-2-7-17-30)42-39(31-18-8-3-9-19-31)41-27-28-13-12-20-33(25-28)43-36-22-11-10-21-34(36)35-24-23-32(26-37(35)43)29-14-4-1-5-15-29/h1-26,39,41H,27H2,(H2,40,42). The molecule has 0 radical (unpaired) electrons. The first-order valence-electron chi connectivity index (χ1n) is 14.6. The molecule has 43 heavy (non-hydrogen) atoms. The Bertz CT molecular complexity index is 2030. The van der Waals surface area contributed by atoms with Crippen LogP contribution in [-0.4, -0.2) is 10.4 Å². The summed E-state index contributed by atoms with van der Waals surface area (Å²) in [5.74, 6) is 0.509. The maximum Gasteiger partial charge on any atom is 0.128 e. The molecule has 1 unspecified atom stereocenters. The summed E-state index contributed by atoms with van der Waals surface area (Å²) in [5.41, 5.74) is 15.5. The first kappa shape index (κ1) is 26.4. The van der Waals surface area contributed by atoms with Crippen LogP contribution in [0.25, 0.3) is 38.6 Å². The number of nitrogens with two attached hydrogens (primary N) is 1. The molecule has 0 aliphatic rings. The molecule has 1 aromatic heterocycles. The average Bonchev–Trinajstić information content (AvgIpc) is 3.41. The van der Waals surface area contributed by atoms with Crippen molar-refractivity contribution in [1.82, 2.24) is 9.88 Å². The number of para-hydroxylation sites is 1. The molecule has 4 nitrogen and oxygen atoms in total. The van der Waals surface area contributed by atoms with Gasteiger partial charge >= 0.3 is 0 Å². The van der Waals surface area contributed by atoms with Gasteiger partial charge in [0, 0.05) is 28.6 Å². The number of rotatable bonds is 8. The van der Waals surface area contributed by atoms with E-state index in [4.69, 9.17) is 10.7 Å². The van der Waals surface area contributed by atoms with E-state index in [1.54, 1.807) is 0 Å². The highest BCUT2D eigenvalue weighted by Crippen LogP contribution is 2.35. The van der Waals surface area contributed by atoms with E-state index in [-0.39, 0.29) is 6.17 Å². The molecular weight excluding hydrogens is 524 g/mol. The predicted molar refractivity (Wildman–Crippen MR) is 179 cm³/mol. The summed E-state index contributed by atoms with van der Waals surface area (Å²) in [5, 5.41) is 6.14. The van der Waals surface area contributed by atoms with Crippen LogP contribution >= 0.6 is 0 Å². The highest BCUT2D eigenvalue weighted by molar-refractivity contribution is 6.10. The van der Waals surface area contributed by atoms with E-state index >= 15 is 0 Å². The summed E-state index contributed by atoms with van der Waals surface area (Å²) < 4.78 is 2.38. The normalized spacial score (nSPS) is 12.5. The van der Waals surface area contributed by atoms with E-state index in [0.717, 1.165) is 22.4 Å². The van der Waals surface area contributed by atoms with Crippen molar-refractivity contribution in [2.24, 2.45) is 10.7 Å². The minimum atomic E-state index is -0.285. The molecule has 4 heteroatoms. The van der Waals surface area contributed by atoms with Crippen LogP contribution in [0, 0.1) is 0 Å². The van der Waals surface area contributed by atoms with Crippen LogP contribution in [0.15, 0.2) is 163 Å². The lowest BCUT2D eigenvalue weighted by Crippen LogP contribution is -2.24. The van der Waals surface area contributed by atoms with Crippen LogP contribution < -0.4 is 11.1 Å². The van der Waals surface area contributed by atoms with Crippen molar-refractivity contribution in [3.8, 4) is 16.8 Å². The third kappa shape index (κ3) is 5.44. The van der Waals surface area contributed by atoms with Crippen LogP contribution in [0.1, 0.15) is 22.9 Å². The quantitative estimate of drug-likeness (QED) is 0.145. The Balaban J connectivity index is 1.25. The smallest absolute Gasteiger partial charge is 0.128 e. The van der Waals surface area contributed by atoms with Gasteiger partial charge in [0.15, 0.2) is 0 Å². The van der Waals surface area contributed by atoms with E-state index in [1.807, 2.05) is 48.5 Å². The molecule has 3 N–H and O–H groups in total. The zero-order valence-electron chi connectivity index (χ0n) is 23.8. The molecule has 0 saturated carbocycles. The molecule has 0 fully saturated rings. The number of aliphatic imine (C=N–C) groups is 1. The van der Waals surface area contributed by atoms with Gasteiger partial charge in [-0.05, 0) is 46.5 Å². The number of hydrogen-bond acceptors (Lipinski definition) is 2. The second-order valence-corrected chi connectivity index (χ2v) is 10.7. The van der Waals surface area contributed by atoms with Crippen LogP contribution in [0.2, 0.25) is 0 Å². The van der Waals surface area contributed by atoms with Gasteiger partial charge in [-0.2, -0.15) is 0 Å². The Hall–Kier alpha value is -5.45. The lowest BCUT2D eigenvalue weighted by Gasteiger charge is -2.17. The molecule has 0 spiro atoms. The van der Waals surface area contributed by atoms with Crippen LogP contribution in [-0.2, 0) is 6.54 Å². The number of aromatic nitrogens is 1. The molecule has 0 bridgehead atoms. The number of hydrogen-bond donors (Lipinski definition) is 2. The number of benzene rings is 6. The molecule has 0 saturated heterocycles. The Morgan fingerprint density at radius 3 is 2.07 bits per heavy atom. The largest absolute Gasteiger partial charge is 0.383 e. The van der Waals surface area contributed by atoms with Gasteiger partial charge in [-0.25, -0.2) is 4.99 Å². The fraction of sp³-hybridized carbons (Fsp3) is 0.0513. The van der Waals surface area contributed by atoms with Gasteiger partial charge < -0.3 is 10.3 Å². The summed E-state index contributed by atoms with van der Waals surface area (Å²) in [4.78, 5) is 4.90. The van der Waals surface area contributed by atoms with E-state index < -0.39 is 0 Å². The zero-order valence-corrected chi connectivity index (χ0v) is 23.8. The first-order valence-corrected chi connectivity index (χ1v) is 14.6. The second kappa shape index (κ2) is 11.8. The lowest BCUT2D eigenvalue weighted by molar-refractivity contribution is 0.554. The number of fused-ring (bicyclic) bond motifs is 3. The molecule has 208 valence electrons. The molecule has 7 rings (SSSR count). The van der Waals surface area contributed by atoms with Gasteiger partial charge in [0.2, 0.25) is 0 Å². The number of amidine groups is 1. The van der Waals surface area contributed by atoms with Gasteiger partial charge in [-0.15, -0.1) is 0 Å². The van der Waals surface area contributed by atoms with Crippen molar-refractivity contribution >= 4 is 27.6 Å². The Morgan fingerprint density at radius 1 is 0.605 bits per heavy atom. The van der Waals surface area contributed by atoms with Crippen LogP contribution in [0.3, 0.4) is 0 Å². The van der Waals surface area contributed by atoms with E-state index in [9.17, 15) is 0 Å². The Morgan fingerprint density at radius 2 is 1.28 bits per heavy atom. The van der Waals surface area contributed by atoms with Crippen molar-refractivity contribution in [1.29, 1.82) is 0 Å². The SMILES string of the molecule is NC(=NC(NCc1cccc(-n2c3ccccc3c3ccc(-c4ccccc4)cc32)c1)c1ccccc1)c1ccccc1. The molecule has 6 aromatic carbocycles. The predicted octanol–water partition coefficient (Wildman–Crippen LogP) is 8.64. The second-order valence-electron chi connectivity index (χ2n) is 10.7. The third-order valence-corrected chi connectivity index (χ3v) is 7.90. The van der Waals surface area contributed by atoms with Crippen LogP contribution in [0.5, 0.6) is 0 Å². The Labute approximate surface area is 251 Å². The van der Waals surface area contributed by atoms with Gasteiger partial charge in [-0.3, -0.25) is 5.32 Å². The monoisotopic (exact) mass is 556 g/mol. The van der Waals surface area contributed by atoms with E-state index in [1.165, 1.54) is 32.9 Å². The van der Waals surface area contributed by atoms with E-state index in [0.29, 0.717) is 12.4 Å². The summed E-state index contributed by atoms with van der Waals surface area (Å²) in [6.07, 6.45) is -0.285. The lowest BCUT2D eigenvalue weighted by atomic mass is 10.0. The van der Waals surface area contributed by atoms with Crippen molar-refractivity contribution in [3.05, 3.63) is 174 Å². The van der Waals surface area contributed by atoms with Gasteiger partial charge in [0.05, 0.1) is 11.0 Å². The van der Waals surface area contributed by atoms with Crippen molar-refractivity contribution in [3.63, 3.8) is 0 Å². The Kier molecular flexibility index (Phi) is 7.26. The molecule has 0 amide bonds. The maximum atomic E-state index is 6.46. The summed E-state index contributed by atoms with van der Waals surface area (Å²) in [7, 11) is 0. The topological polar surface area (TPSA) is 55.3 Å². The molecule has 0 aliphatic carbocycles. The molecule has 7 aromatic rings. The van der Waals surface area contributed by atoms with Crippen LogP contribution in [0.4, 0.5) is 0 Å². The fourth-order valence-electron chi connectivity index (χ4n) is 5.77. The molecule has 0 aliphatic heterocycles. The summed E-state index contributed by atoms with van der Waals surface area (Å²) in [6.45, 7) is 0.630. The maximum absolute atomic E-state index is 6.46. The highest BCUT2D eigenvalue weighted by atomic mass is 15.1. The molecular formula is C39H32N4. The zero-order chi connectivity index (χ0) is 29.0. The third-order valence-electron chi connectivity index (χ3n) is 7.90. The van der Waals surface area contributed by atoms with Crippen molar-refractivity contribution in [2.75, 3.05) is 0 Å². The fourth-order valence-corrected chi connectivity index (χ4v) is 5.77. The van der Waals surface area contributed by atoms with Gasteiger partial charge in [0.1, 0.15) is 12.0 Å². The minimum absolute atomic E-state index is 0.285. The van der Waals surface area contributed by atoms with Gasteiger partial charge in [0.25, 0.3) is 0 Å². The first-order chi connectivity index (χ1) is 21.2. The average molecular weight is 557 g/mol. The summed E-state index contributed by atoms with van der Waals surface area (Å²) >= 11 is 0. The highest BCUT2D eigenvalue weighted by Gasteiger charge is 2.15. The van der Waals surface area contributed by atoms with Crippen molar-refractivity contribution < 1.29 is 0 Å². The van der Waals surface area contributed by atoms with Gasteiger partial charge in [-0.1, -0.05) is 133 Å². The molecule has 1 heterocycles. The number of nitrogens with zero attached hydrogens (tertiary/aromatic N) is 2. The van der Waals surface area contributed by atoms with Crippen molar-refractivity contribution in [2.45, 2.75) is 12.7 Å². The molecule has 1 atom stereocenters. The summed E-state index contributed by atoms with van der Waals surface area (Å²) in [6, 6.07) is 54.9. The number of nitrogens with one attached hydrogen (secondary N) is 1.